The molecule has 0 fully saturated rings. The van der Waals surface area contributed by atoms with Gasteiger partial charge in [-0.05, 0) is 25.1 Å². The minimum Gasteiger partial charge on any atom is -0.463 e. The third-order valence-corrected chi connectivity index (χ3v) is 2.86. The van der Waals surface area contributed by atoms with Gasteiger partial charge in [-0.25, -0.2) is 9.97 Å². The van der Waals surface area contributed by atoms with E-state index in [2.05, 4.69) is 20.4 Å². The summed E-state index contributed by atoms with van der Waals surface area (Å²) in [4.78, 5) is 20.1. The maximum absolute atomic E-state index is 12.2. The highest BCUT2D eigenvalue weighted by Gasteiger charge is 2.13. The monoisotopic (exact) mass is 299 g/mol. The molecule has 3 aromatic heterocycles. The first-order valence-electron chi connectivity index (χ1n) is 6.50. The Morgan fingerprint density at radius 3 is 2.91 bits per heavy atom. The highest BCUT2D eigenvalue weighted by Crippen LogP contribution is 2.18. The SMILES string of the molecule is Cc1cc(CNC(=O)c2cc(-c3ccco3)nc(N)n2)no1. The first kappa shape index (κ1) is 13.8. The van der Waals surface area contributed by atoms with E-state index < -0.39 is 0 Å². The molecule has 0 spiro atoms. The number of anilines is 1. The molecule has 0 atom stereocenters. The van der Waals surface area contributed by atoms with Crippen molar-refractivity contribution < 1.29 is 13.7 Å². The van der Waals surface area contributed by atoms with E-state index in [-0.39, 0.29) is 24.1 Å². The minimum atomic E-state index is -0.387. The number of aryl methyl sites for hydroxylation is 1. The minimum absolute atomic E-state index is 0.00340. The van der Waals surface area contributed by atoms with E-state index >= 15 is 0 Å². The Morgan fingerprint density at radius 1 is 1.36 bits per heavy atom. The molecular formula is C14H13N5O3. The van der Waals surface area contributed by atoms with Crippen molar-refractivity contribution in [1.82, 2.24) is 20.4 Å². The van der Waals surface area contributed by atoms with E-state index in [9.17, 15) is 4.79 Å². The lowest BCUT2D eigenvalue weighted by molar-refractivity contribution is 0.0945. The molecule has 3 rings (SSSR count). The molecule has 0 bridgehead atoms. The number of hydrogen-bond donors (Lipinski definition) is 2. The van der Waals surface area contributed by atoms with Gasteiger partial charge in [0, 0.05) is 6.07 Å². The summed E-state index contributed by atoms with van der Waals surface area (Å²) in [6.45, 7) is 2.01. The molecular weight excluding hydrogens is 286 g/mol. The zero-order valence-corrected chi connectivity index (χ0v) is 11.7. The van der Waals surface area contributed by atoms with E-state index in [4.69, 9.17) is 14.7 Å². The lowest BCUT2D eigenvalue weighted by Crippen LogP contribution is -2.24. The molecule has 3 N–H and O–H groups in total. The second-order valence-electron chi connectivity index (χ2n) is 4.59. The average molecular weight is 299 g/mol. The van der Waals surface area contributed by atoms with Crippen molar-refractivity contribution in [2.75, 3.05) is 5.73 Å². The number of furan rings is 1. The van der Waals surface area contributed by atoms with Crippen LogP contribution in [0, 0.1) is 6.92 Å². The summed E-state index contributed by atoms with van der Waals surface area (Å²) in [6.07, 6.45) is 1.51. The van der Waals surface area contributed by atoms with Crippen LogP contribution in [0.5, 0.6) is 0 Å². The molecule has 0 saturated carbocycles. The number of rotatable bonds is 4. The van der Waals surface area contributed by atoms with Gasteiger partial charge < -0.3 is 20.0 Å². The van der Waals surface area contributed by atoms with Gasteiger partial charge in [-0.15, -0.1) is 0 Å². The number of amides is 1. The number of nitrogens with zero attached hydrogens (tertiary/aromatic N) is 3. The zero-order valence-electron chi connectivity index (χ0n) is 11.7. The van der Waals surface area contributed by atoms with Gasteiger partial charge in [0.05, 0.1) is 12.8 Å². The van der Waals surface area contributed by atoms with Crippen LogP contribution >= 0.6 is 0 Å². The number of nitrogens with two attached hydrogens (primary N) is 1. The largest absolute Gasteiger partial charge is 0.463 e. The third kappa shape index (κ3) is 2.95. The van der Waals surface area contributed by atoms with Crippen LogP contribution in [-0.2, 0) is 6.54 Å². The molecule has 0 aromatic carbocycles. The summed E-state index contributed by atoms with van der Waals surface area (Å²) in [7, 11) is 0. The Balaban J connectivity index is 1.77. The maximum Gasteiger partial charge on any atom is 0.270 e. The van der Waals surface area contributed by atoms with Crippen LogP contribution in [-0.4, -0.2) is 21.0 Å². The molecule has 8 nitrogen and oxygen atoms in total. The summed E-state index contributed by atoms with van der Waals surface area (Å²) >= 11 is 0. The number of aromatic nitrogens is 3. The number of nitrogen functional groups attached to an aromatic ring is 1. The summed E-state index contributed by atoms with van der Waals surface area (Å²) in [5.74, 6) is 0.796. The fourth-order valence-electron chi connectivity index (χ4n) is 1.90. The molecule has 0 saturated heterocycles. The Bertz CT molecular complexity index is 795. The Labute approximate surface area is 125 Å². The molecule has 0 aliphatic carbocycles. The van der Waals surface area contributed by atoms with Gasteiger partial charge in [-0.2, -0.15) is 0 Å². The van der Waals surface area contributed by atoms with Gasteiger partial charge in [-0.3, -0.25) is 4.79 Å². The van der Waals surface area contributed by atoms with Crippen LogP contribution < -0.4 is 11.1 Å². The van der Waals surface area contributed by atoms with Gasteiger partial charge in [0.1, 0.15) is 22.8 Å². The van der Waals surface area contributed by atoms with Crippen molar-refractivity contribution >= 4 is 11.9 Å². The van der Waals surface area contributed by atoms with E-state index in [0.717, 1.165) is 0 Å². The normalized spacial score (nSPS) is 10.6. The fourth-order valence-corrected chi connectivity index (χ4v) is 1.90. The fraction of sp³-hybridized carbons (Fsp3) is 0.143. The molecule has 22 heavy (non-hydrogen) atoms. The van der Waals surface area contributed by atoms with Crippen LogP contribution in [0.15, 0.2) is 39.5 Å². The van der Waals surface area contributed by atoms with Crippen molar-refractivity contribution in [3.63, 3.8) is 0 Å². The van der Waals surface area contributed by atoms with Gasteiger partial charge in [0.2, 0.25) is 5.95 Å². The Kier molecular flexibility index (Phi) is 3.57. The van der Waals surface area contributed by atoms with Gasteiger partial charge >= 0.3 is 0 Å². The highest BCUT2D eigenvalue weighted by molar-refractivity contribution is 5.93. The Morgan fingerprint density at radius 2 is 2.23 bits per heavy atom. The number of nitrogens with one attached hydrogen (secondary N) is 1. The van der Waals surface area contributed by atoms with E-state index in [1.54, 1.807) is 25.1 Å². The van der Waals surface area contributed by atoms with Crippen molar-refractivity contribution in [1.29, 1.82) is 0 Å². The quantitative estimate of drug-likeness (QED) is 0.749. The lowest BCUT2D eigenvalue weighted by atomic mass is 10.2. The van der Waals surface area contributed by atoms with Crippen molar-refractivity contribution in [2.24, 2.45) is 0 Å². The molecule has 0 unspecified atom stereocenters. The molecule has 3 heterocycles. The molecule has 0 aliphatic rings. The smallest absolute Gasteiger partial charge is 0.270 e. The third-order valence-electron chi connectivity index (χ3n) is 2.86. The summed E-state index contributed by atoms with van der Waals surface area (Å²) in [5.41, 5.74) is 6.86. The summed E-state index contributed by atoms with van der Waals surface area (Å²) < 4.78 is 10.2. The van der Waals surface area contributed by atoms with Gasteiger partial charge in [0.15, 0.2) is 5.76 Å². The van der Waals surface area contributed by atoms with Gasteiger partial charge in [-0.1, -0.05) is 5.16 Å². The van der Waals surface area contributed by atoms with Crippen LogP contribution in [0.2, 0.25) is 0 Å². The lowest BCUT2D eigenvalue weighted by Gasteiger charge is -2.05. The second kappa shape index (κ2) is 5.68. The van der Waals surface area contributed by atoms with Crippen LogP contribution in [0.25, 0.3) is 11.5 Å². The van der Waals surface area contributed by atoms with Crippen molar-refractivity contribution in [3.8, 4) is 11.5 Å². The zero-order chi connectivity index (χ0) is 15.5. The molecule has 8 heteroatoms. The summed E-state index contributed by atoms with van der Waals surface area (Å²) in [6, 6.07) is 6.70. The molecule has 0 aliphatic heterocycles. The second-order valence-corrected chi connectivity index (χ2v) is 4.59. The molecule has 1 amide bonds. The van der Waals surface area contributed by atoms with Crippen LogP contribution in [0.1, 0.15) is 21.9 Å². The summed E-state index contributed by atoms with van der Waals surface area (Å²) in [5, 5.41) is 6.49. The number of hydrogen-bond acceptors (Lipinski definition) is 7. The van der Waals surface area contributed by atoms with Crippen LogP contribution in [0.4, 0.5) is 5.95 Å². The average Bonchev–Trinajstić information content (AvgIpc) is 3.15. The molecule has 3 aromatic rings. The first-order chi connectivity index (χ1) is 10.6. The number of carbonyl (C=O) groups excluding carboxylic acids is 1. The molecule has 112 valence electrons. The predicted molar refractivity (Wildman–Crippen MR) is 76.6 cm³/mol. The topological polar surface area (TPSA) is 120 Å². The number of carbonyl (C=O) groups is 1. The van der Waals surface area contributed by atoms with E-state index in [1.807, 2.05) is 0 Å². The first-order valence-corrected chi connectivity index (χ1v) is 6.50. The van der Waals surface area contributed by atoms with E-state index in [0.29, 0.717) is 22.9 Å². The van der Waals surface area contributed by atoms with Crippen molar-refractivity contribution in [2.45, 2.75) is 13.5 Å². The predicted octanol–water partition coefficient (Wildman–Crippen LogP) is 1.55. The highest BCUT2D eigenvalue weighted by atomic mass is 16.5. The van der Waals surface area contributed by atoms with Crippen LogP contribution in [0.3, 0.4) is 0 Å². The standard InChI is InChI=1S/C14H13N5O3/c1-8-5-9(19-22-8)7-16-13(20)11-6-10(17-14(15)18-11)12-3-2-4-21-12/h2-6H,7H2,1H3,(H,16,20)(H2,15,17,18). The maximum atomic E-state index is 12.2. The van der Waals surface area contributed by atoms with E-state index in [1.165, 1.54) is 12.3 Å². The van der Waals surface area contributed by atoms with Gasteiger partial charge in [0.25, 0.3) is 5.91 Å². The van der Waals surface area contributed by atoms with Crippen molar-refractivity contribution in [3.05, 3.63) is 47.7 Å². The Hall–Kier alpha value is -3.16. The molecule has 0 radical (unpaired) electrons.